The Morgan fingerprint density at radius 1 is 1.50 bits per heavy atom. The van der Waals surface area contributed by atoms with Gasteiger partial charge < -0.3 is 10.6 Å². The van der Waals surface area contributed by atoms with Crippen LogP contribution in [0.2, 0.25) is 0 Å². The smallest absolute Gasteiger partial charge is 0.151 e. The van der Waals surface area contributed by atoms with Crippen molar-refractivity contribution < 1.29 is 4.79 Å². The van der Waals surface area contributed by atoms with Gasteiger partial charge in [0.1, 0.15) is 0 Å². The molecule has 0 aromatic carbocycles. The summed E-state index contributed by atoms with van der Waals surface area (Å²) in [5.74, 6) is 0.386. The SMILES string of the molecule is CNCCN(CCC1NCCC1=O)C(C)C. The van der Waals surface area contributed by atoms with Gasteiger partial charge in [0, 0.05) is 38.6 Å². The fourth-order valence-electron chi connectivity index (χ4n) is 2.10. The standard InChI is InChI=1S/C12H25N3O/c1-10(2)15(9-7-13-3)8-5-11-12(16)4-6-14-11/h10-11,13-14H,4-9H2,1-3H3. The number of nitrogens with one attached hydrogen (secondary N) is 2. The summed E-state index contributed by atoms with van der Waals surface area (Å²) in [6.07, 6.45) is 1.66. The predicted molar refractivity (Wildman–Crippen MR) is 66.7 cm³/mol. The van der Waals surface area contributed by atoms with Crippen LogP contribution in [0.1, 0.15) is 26.7 Å². The van der Waals surface area contributed by atoms with E-state index in [0.717, 1.165) is 32.6 Å². The highest BCUT2D eigenvalue weighted by atomic mass is 16.1. The molecule has 0 radical (unpaired) electrons. The third-order valence-electron chi connectivity index (χ3n) is 3.24. The first kappa shape index (κ1) is 13.6. The van der Waals surface area contributed by atoms with Crippen LogP contribution in [0.25, 0.3) is 0 Å². The third-order valence-corrected chi connectivity index (χ3v) is 3.24. The lowest BCUT2D eigenvalue weighted by Gasteiger charge is -2.27. The molecule has 0 aromatic heterocycles. The van der Waals surface area contributed by atoms with Crippen molar-refractivity contribution in [3.05, 3.63) is 0 Å². The highest BCUT2D eigenvalue weighted by Crippen LogP contribution is 2.07. The summed E-state index contributed by atoms with van der Waals surface area (Å²) >= 11 is 0. The van der Waals surface area contributed by atoms with Crippen LogP contribution >= 0.6 is 0 Å². The number of Topliss-reactive ketones (excluding diaryl/α,β-unsaturated/α-hetero) is 1. The van der Waals surface area contributed by atoms with Crippen LogP contribution in [0.5, 0.6) is 0 Å². The van der Waals surface area contributed by atoms with Crippen LogP contribution in [0.4, 0.5) is 0 Å². The van der Waals surface area contributed by atoms with E-state index in [-0.39, 0.29) is 6.04 Å². The molecule has 0 saturated carbocycles. The molecule has 0 aliphatic carbocycles. The summed E-state index contributed by atoms with van der Waals surface area (Å²) in [4.78, 5) is 13.9. The first-order valence-electron chi connectivity index (χ1n) is 6.30. The van der Waals surface area contributed by atoms with Crippen molar-refractivity contribution in [3.63, 3.8) is 0 Å². The van der Waals surface area contributed by atoms with Gasteiger partial charge in [0.15, 0.2) is 5.78 Å². The van der Waals surface area contributed by atoms with Crippen LogP contribution in [-0.2, 0) is 4.79 Å². The molecule has 1 aliphatic heterocycles. The number of carbonyl (C=O) groups excluding carboxylic acids is 1. The van der Waals surface area contributed by atoms with E-state index in [1.54, 1.807) is 0 Å². The summed E-state index contributed by atoms with van der Waals surface area (Å²) in [5, 5.41) is 6.43. The van der Waals surface area contributed by atoms with Crippen LogP contribution in [0.3, 0.4) is 0 Å². The van der Waals surface area contributed by atoms with Gasteiger partial charge in [0.05, 0.1) is 6.04 Å². The van der Waals surface area contributed by atoms with Crippen molar-refractivity contribution in [2.75, 3.05) is 33.2 Å². The highest BCUT2D eigenvalue weighted by molar-refractivity contribution is 5.86. The molecule has 1 fully saturated rings. The van der Waals surface area contributed by atoms with Gasteiger partial charge in [-0.1, -0.05) is 0 Å². The lowest BCUT2D eigenvalue weighted by Crippen LogP contribution is -2.40. The number of ketones is 1. The number of nitrogens with zero attached hydrogens (tertiary/aromatic N) is 1. The Kier molecular flexibility index (Phi) is 5.95. The maximum Gasteiger partial charge on any atom is 0.151 e. The summed E-state index contributed by atoms with van der Waals surface area (Å²) in [6.45, 7) is 8.34. The Morgan fingerprint density at radius 3 is 2.75 bits per heavy atom. The van der Waals surface area contributed by atoms with E-state index in [1.807, 2.05) is 7.05 Å². The molecule has 2 N–H and O–H groups in total. The van der Waals surface area contributed by atoms with Gasteiger partial charge in [-0.15, -0.1) is 0 Å². The molecule has 4 nitrogen and oxygen atoms in total. The fraction of sp³-hybridized carbons (Fsp3) is 0.917. The lowest BCUT2D eigenvalue weighted by molar-refractivity contribution is -0.118. The molecule has 1 atom stereocenters. The van der Waals surface area contributed by atoms with Crippen molar-refractivity contribution in [3.8, 4) is 0 Å². The monoisotopic (exact) mass is 227 g/mol. The normalized spacial score (nSPS) is 21.3. The Balaban J connectivity index is 2.28. The Hall–Kier alpha value is -0.450. The van der Waals surface area contributed by atoms with Crippen molar-refractivity contribution >= 4 is 5.78 Å². The molecule has 16 heavy (non-hydrogen) atoms. The van der Waals surface area contributed by atoms with Crippen LogP contribution in [0.15, 0.2) is 0 Å². The van der Waals surface area contributed by atoms with Gasteiger partial charge in [0.25, 0.3) is 0 Å². The molecule has 0 amide bonds. The average Bonchev–Trinajstić information content (AvgIpc) is 2.64. The molecule has 1 aliphatic rings. The van der Waals surface area contributed by atoms with Gasteiger partial charge in [-0.05, 0) is 27.3 Å². The van der Waals surface area contributed by atoms with Crippen molar-refractivity contribution in [2.45, 2.75) is 38.8 Å². The highest BCUT2D eigenvalue weighted by Gasteiger charge is 2.24. The molecule has 1 heterocycles. The molecule has 4 heteroatoms. The minimum atomic E-state index is 0.107. The predicted octanol–water partition coefficient (Wildman–Crippen LogP) is 0.237. The largest absolute Gasteiger partial charge is 0.318 e. The van der Waals surface area contributed by atoms with E-state index in [2.05, 4.69) is 29.4 Å². The zero-order chi connectivity index (χ0) is 12.0. The maximum absolute atomic E-state index is 11.5. The van der Waals surface area contributed by atoms with Gasteiger partial charge in [-0.25, -0.2) is 0 Å². The second kappa shape index (κ2) is 6.99. The van der Waals surface area contributed by atoms with Crippen molar-refractivity contribution in [1.82, 2.24) is 15.5 Å². The quantitative estimate of drug-likeness (QED) is 0.654. The van der Waals surface area contributed by atoms with Gasteiger partial charge in [-0.3, -0.25) is 9.69 Å². The number of likely N-dealkylation sites (N-methyl/N-ethyl adjacent to an activating group) is 1. The van der Waals surface area contributed by atoms with E-state index in [4.69, 9.17) is 0 Å². The van der Waals surface area contributed by atoms with Gasteiger partial charge in [0.2, 0.25) is 0 Å². The van der Waals surface area contributed by atoms with E-state index < -0.39 is 0 Å². The number of hydrogen-bond donors (Lipinski definition) is 2. The summed E-state index contributed by atoms with van der Waals surface area (Å²) in [6, 6.07) is 0.653. The van der Waals surface area contributed by atoms with Crippen molar-refractivity contribution in [2.24, 2.45) is 0 Å². The third kappa shape index (κ3) is 4.20. The molecule has 1 unspecified atom stereocenters. The van der Waals surface area contributed by atoms with Gasteiger partial charge in [-0.2, -0.15) is 0 Å². The number of carbonyl (C=O) groups is 1. The topological polar surface area (TPSA) is 44.4 Å². The first-order valence-corrected chi connectivity index (χ1v) is 6.30. The van der Waals surface area contributed by atoms with E-state index >= 15 is 0 Å². The number of hydrogen-bond acceptors (Lipinski definition) is 4. The molecule has 0 aromatic rings. The maximum atomic E-state index is 11.5. The average molecular weight is 227 g/mol. The van der Waals surface area contributed by atoms with Gasteiger partial charge >= 0.3 is 0 Å². The molecular formula is C12H25N3O. The molecule has 94 valence electrons. The van der Waals surface area contributed by atoms with Crippen molar-refractivity contribution in [1.29, 1.82) is 0 Å². The minimum absolute atomic E-state index is 0.107. The zero-order valence-electron chi connectivity index (χ0n) is 10.8. The molecule has 0 bridgehead atoms. The second-order valence-corrected chi connectivity index (χ2v) is 4.74. The Bertz CT molecular complexity index is 218. The molecular weight excluding hydrogens is 202 g/mol. The summed E-state index contributed by atoms with van der Waals surface area (Å²) < 4.78 is 0. The lowest BCUT2D eigenvalue weighted by atomic mass is 10.1. The zero-order valence-corrected chi connectivity index (χ0v) is 10.8. The summed E-state index contributed by atoms with van der Waals surface area (Å²) in [7, 11) is 1.97. The van der Waals surface area contributed by atoms with Crippen LogP contribution in [0, 0.1) is 0 Å². The van der Waals surface area contributed by atoms with E-state index in [9.17, 15) is 4.79 Å². The van der Waals surface area contributed by atoms with Crippen LogP contribution < -0.4 is 10.6 Å². The Labute approximate surface area is 98.8 Å². The first-order chi connectivity index (χ1) is 7.65. The fourth-order valence-corrected chi connectivity index (χ4v) is 2.10. The summed E-state index contributed by atoms with van der Waals surface area (Å²) in [5.41, 5.74) is 0. The number of rotatable bonds is 7. The van der Waals surface area contributed by atoms with E-state index in [0.29, 0.717) is 18.2 Å². The van der Waals surface area contributed by atoms with Crippen LogP contribution in [-0.4, -0.2) is 56.0 Å². The minimum Gasteiger partial charge on any atom is -0.318 e. The molecule has 1 saturated heterocycles. The molecule has 1 rings (SSSR count). The second-order valence-electron chi connectivity index (χ2n) is 4.74. The Morgan fingerprint density at radius 2 is 2.25 bits per heavy atom. The molecule has 0 spiro atoms. The van der Waals surface area contributed by atoms with E-state index in [1.165, 1.54) is 0 Å².